The Morgan fingerprint density at radius 2 is 2.05 bits per heavy atom. The summed E-state index contributed by atoms with van der Waals surface area (Å²) in [5.41, 5.74) is 0.587. The van der Waals surface area contributed by atoms with Gasteiger partial charge in [0, 0.05) is 18.4 Å². The van der Waals surface area contributed by atoms with Gasteiger partial charge in [-0.25, -0.2) is 13.8 Å². The van der Waals surface area contributed by atoms with E-state index in [1.165, 1.54) is 24.4 Å². The minimum Gasteiger partial charge on any atom is -0.368 e. The lowest BCUT2D eigenvalue weighted by Crippen LogP contribution is -2.16. The first-order valence-corrected chi connectivity index (χ1v) is 6.48. The van der Waals surface area contributed by atoms with Crippen molar-refractivity contribution in [3.05, 3.63) is 53.2 Å². The van der Waals surface area contributed by atoms with E-state index < -0.39 is 17.5 Å². The molecule has 2 aromatic rings. The number of carbonyl (C=O) groups excluding carboxylic acids is 1. The van der Waals surface area contributed by atoms with Gasteiger partial charge >= 0.3 is 0 Å². The minimum atomic E-state index is -0.732. The summed E-state index contributed by atoms with van der Waals surface area (Å²) in [6, 6.07) is 5.56. The zero-order chi connectivity index (χ0) is 15.4. The Balaban J connectivity index is 2.24. The van der Waals surface area contributed by atoms with Gasteiger partial charge in [0.15, 0.2) is 11.6 Å². The maximum atomic E-state index is 14.1. The third-order valence-electron chi connectivity index (χ3n) is 2.91. The molecule has 0 atom stereocenters. The molecule has 1 heterocycles. The van der Waals surface area contributed by atoms with E-state index in [0.29, 0.717) is 12.1 Å². The maximum Gasteiger partial charge on any atom is 0.258 e. The van der Waals surface area contributed by atoms with Crippen LogP contribution in [0.1, 0.15) is 22.8 Å². The Morgan fingerprint density at radius 1 is 1.29 bits per heavy atom. The molecule has 0 aliphatic carbocycles. The molecule has 0 spiro atoms. The maximum absolute atomic E-state index is 14.1. The summed E-state index contributed by atoms with van der Waals surface area (Å²) in [5, 5.41) is 5.19. The number of rotatable bonds is 4. The number of benzene rings is 1. The molecule has 0 aliphatic heterocycles. The molecule has 6 heteroatoms. The molecule has 1 aromatic heterocycles. The van der Waals surface area contributed by atoms with Gasteiger partial charge in [0.2, 0.25) is 0 Å². The Hall–Kier alpha value is -2.50. The molecule has 0 saturated carbocycles. The number of halogens is 2. The van der Waals surface area contributed by atoms with Gasteiger partial charge in [-0.2, -0.15) is 0 Å². The van der Waals surface area contributed by atoms with Crippen LogP contribution in [0.2, 0.25) is 0 Å². The van der Waals surface area contributed by atoms with Crippen LogP contribution in [0.15, 0.2) is 30.5 Å². The highest BCUT2D eigenvalue weighted by molar-refractivity contribution is 6.04. The van der Waals surface area contributed by atoms with Gasteiger partial charge in [0.1, 0.15) is 5.82 Å². The average Bonchev–Trinajstić information content (AvgIpc) is 2.45. The van der Waals surface area contributed by atoms with Crippen molar-refractivity contribution in [2.24, 2.45) is 0 Å². The van der Waals surface area contributed by atoms with E-state index in [9.17, 15) is 13.6 Å². The molecule has 2 rings (SSSR count). The Kier molecular flexibility index (Phi) is 4.47. The summed E-state index contributed by atoms with van der Waals surface area (Å²) in [5.74, 6) is -1.81. The van der Waals surface area contributed by atoms with Crippen molar-refractivity contribution in [3.63, 3.8) is 0 Å². The topological polar surface area (TPSA) is 54.0 Å². The largest absolute Gasteiger partial charge is 0.368 e. The molecule has 1 aromatic carbocycles. The average molecular weight is 291 g/mol. The van der Waals surface area contributed by atoms with Crippen LogP contribution in [0.5, 0.6) is 0 Å². The Labute approximate surface area is 121 Å². The number of aromatic nitrogens is 1. The molecule has 4 nitrogen and oxygen atoms in total. The third-order valence-corrected chi connectivity index (χ3v) is 2.91. The number of hydrogen-bond donors (Lipinski definition) is 2. The highest BCUT2D eigenvalue weighted by Gasteiger charge is 2.16. The summed E-state index contributed by atoms with van der Waals surface area (Å²) in [7, 11) is 0. The van der Waals surface area contributed by atoms with E-state index in [2.05, 4.69) is 15.6 Å². The number of anilines is 2. The quantitative estimate of drug-likeness (QED) is 0.908. The molecular formula is C15H15F2N3O. The molecular weight excluding hydrogens is 276 g/mol. The van der Waals surface area contributed by atoms with Crippen LogP contribution in [-0.4, -0.2) is 17.4 Å². The number of hydrogen-bond acceptors (Lipinski definition) is 3. The van der Waals surface area contributed by atoms with E-state index in [1.54, 1.807) is 19.9 Å². The second kappa shape index (κ2) is 6.30. The van der Waals surface area contributed by atoms with Crippen molar-refractivity contribution >= 4 is 17.4 Å². The van der Waals surface area contributed by atoms with Crippen LogP contribution in [0.3, 0.4) is 0 Å². The summed E-state index contributed by atoms with van der Waals surface area (Å²) in [6.07, 6.45) is 1.34. The zero-order valence-electron chi connectivity index (χ0n) is 11.7. The molecule has 2 N–H and O–H groups in total. The molecule has 0 unspecified atom stereocenters. The number of aryl methyl sites for hydroxylation is 1. The number of amides is 1. The molecule has 110 valence electrons. The first kappa shape index (κ1) is 14.9. The van der Waals surface area contributed by atoms with Gasteiger partial charge < -0.3 is 10.6 Å². The number of pyridine rings is 1. The second-order valence-electron chi connectivity index (χ2n) is 4.47. The molecule has 0 saturated heterocycles. The van der Waals surface area contributed by atoms with E-state index in [0.717, 1.165) is 0 Å². The van der Waals surface area contributed by atoms with Crippen molar-refractivity contribution in [1.82, 2.24) is 4.98 Å². The number of nitrogens with one attached hydrogen (secondary N) is 2. The van der Waals surface area contributed by atoms with Crippen molar-refractivity contribution in [2.45, 2.75) is 13.8 Å². The van der Waals surface area contributed by atoms with E-state index in [-0.39, 0.29) is 17.1 Å². The van der Waals surface area contributed by atoms with Crippen LogP contribution in [-0.2, 0) is 0 Å². The highest BCUT2D eigenvalue weighted by Crippen LogP contribution is 2.18. The number of nitrogens with zero attached hydrogens (tertiary/aromatic N) is 1. The smallest absolute Gasteiger partial charge is 0.258 e. The van der Waals surface area contributed by atoms with Gasteiger partial charge in [-0.3, -0.25) is 4.79 Å². The summed E-state index contributed by atoms with van der Waals surface area (Å²) < 4.78 is 27.5. The highest BCUT2D eigenvalue weighted by atomic mass is 19.1. The summed E-state index contributed by atoms with van der Waals surface area (Å²) >= 11 is 0. The first-order valence-electron chi connectivity index (χ1n) is 6.48. The van der Waals surface area contributed by atoms with Gasteiger partial charge in [-0.05, 0) is 37.6 Å². The van der Waals surface area contributed by atoms with Crippen molar-refractivity contribution < 1.29 is 13.6 Å². The number of carbonyl (C=O) groups is 1. The van der Waals surface area contributed by atoms with Crippen LogP contribution < -0.4 is 10.6 Å². The first-order chi connectivity index (χ1) is 10.0. The standard InChI is InChI=1S/C15H15F2N3O/c1-3-18-14-13(17)11(6-7-19-14)15(21)20-10-5-4-9(2)12(16)8-10/h4-8H,3H2,1-2H3,(H,18,19)(H,20,21). The fourth-order valence-electron chi connectivity index (χ4n) is 1.78. The second-order valence-corrected chi connectivity index (χ2v) is 4.47. The SMILES string of the molecule is CCNc1nccc(C(=O)Nc2ccc(C)c(F)c2)c1F. The van der Waals surface area contributed by atoms with Gasteiger partial charge in [-0.15, -0.1) is 0 Å². The van der Waals surface area contributed by atoms with Crippen LogP contribution in [0.4, 0.5) is 20.3 Å². The molecule has 0 fully saturated rings. The molecule has 1 amide bonds. The minimum absolute atomic E-state index is 0.0141. The summed E-state index contributed by atoms with van der Waals surface area (Å²) in [6.45, 7) is 3.90. The zero-order valence-corrected chi connectivity index (χ0v) is 11.7. The fraction of sp³-hybridized carbons (Fsp3) is 0.200. The molecule has 0 bridgehead atoms. The van der Waals surface area contributed by atoms with Crippen molar-refractivity contribution in [3.8, 4) is 0 Å². The lowest BCUT2D eigenvalue weighted by atomic mass is 10.2. The Morgan fingerprint density at radius 3 is 2.71 bits per heavy atom. The predicted octanol–water partition coefficient (Wildman–Crippen LogP) is 3.35. The predicted molar refractivity (Wildman–Crippen MR) is 77.4 cm³/mol. The van der Waals surface area contributed by atoms with Crippen molar-refractivity contribution in [1.29, 1.82) is 0 Å². The van der Waals surface area contributed by atoms with Gasteiger partial charge in [-0.1, -0.05) is 6.07 Å². The third kappa shape index (κ3) is 3.34. The van der Waals surface area contributed by atoms with E-state index in [4.69, 9.17) is 0 Å². The van der Waals surface area contributed by atoms with E-state index >= 15 is 0 Å². The van der Waals surface area contributed by atoms with Gasteiger partial charge in [0.25, 0.3) is 5.91 Å². The lowest BCUT2D eigenvalue weighted by Gasteiger charge is -2.09. The fourth-order valence-corrected chi connectivity index (χ4v) is 1.78. The Bertz CT molecular complexity index is 674. The molecule has 21 heavy (non-hydrogen) atoms. The van der Waals surface area contributed by atoms with Crippen LogP contribution >= 0.6 is 0 Å². The van der Waals surface area contributed by atoms with E-state index in [1.807, 2.05) is 0 Å². The lowest BCUT2D eigenvalue weighted by molar-refractivity contribution is 0.102. The molecule has 0 aliphatic rings. The summed E-state index contributed by atoms with van der Waals surface area (Å²) in [4.78, 5) is 15.9. The van der Waals surface area contributed by atoms with Crippen molar-refractivity contribution in [2.75, 3.05) is 17.2 Å². The van der Waals surface area contributed by atoms with Gasteiger partial charge in [0.05, 0.1) is 5.56 Å². The van der Waals surface area contributed by atoms with Crippen LogP contribution in [0, 0.1) is 18.6 Å². The monoisotopic (exact) mass is 291 g/mol. The molecule has 0 radical (unpaired) electrons. The van der Waals surface area contributed by atoms with Crippen LogP contribution in [0.25, 0.3) is 0 Å². The normalized spacial score (nSPS) is 10.3.